The average Bonchev–Trinajstić information content (AvgIpc) is 2.96. The van der Waals surface area contributed by atoms with E-state index in [-0.39, 0.29) is 17.3 Å². The van der Waals surface area contributed by atoms with Crippen molar-refractivity contribution in [2.75, 3.05) is 17.3 Å². The van der Waals surface area contributed by atoms with E-state index in [0.29, 0.717) is 38.5 Å². The second-order valence-electron chi connectivity index (χ2n) is 12.5. The Morgan fingerprint density at radius 2 is 0.674 bits per heavy atom. The van der Waals surface area contributed by atoms with E-state index >= 15 is 0 Å². The van der Waals surface area contributed by atoms with Crippen LogP contribution in [0, 0.1) is 0 Å². The van der Waals surface area contributed by atoms with E-state index in [1.807, 2.05) is 13.8 Å². The lowest BCUT2D eigenvalue weighted by Crippen LogP contribution is -2.63. The molecule has 0 unspecified atom stereocenters. The van der Waals surface area contributed by atoms with Crippen LogP contribution in [0.2, 0.25) is 0 Å². The lowest BCUT2D eigenvalue weighted by molar-refractivity contribution is -0.382. The van der Waals surface area contributed by atoms with Crippen LogP contribution in [0.25, 0.3) is 0 Å². The topological polar surface area (TPSA) is 43.4 Å². The highest BCUT2D eigenvalue weighted by atomic mass is 32.3. The Balaban J connectivity index is 6.16. The van der Waals surface area contributed by atoms with Gasteiger partial charge in [-0.3, -0.25) is 0 Å². The number of rotatable bonds is 30. The SMILES string of the molecule is CCCCCCCCCCS(CCCCCCCCC)(CCCCCCCCC)OS(=O)(=O)C(F)(F)C(F)(F)C(F)(F)C(F)(F)F. The van der Waals surface area contributed by atoms with Crippen molar-refractivity contribution < 1.29 is 51.6 Å². The third kappa shape index (κ3) is 15.0. The fraction of sp³-hybridized carbons (Fsp3) is 1.00. The van der Waals surface area contributed by atoms with E-state index < -0.39 is 43.7 Å². The Bertz CT molecular complexity index is 865. The van der Waals surface area contributed by atoms with Crippen LogP contribution < -0.4 is 0 Å². The molecule has 0 atom stereocenters. The fourth-order valence-corrected chi connectivity index (χ4v) is 11.2. The zero-order valence-electron chi connectivity index (χ0n) is 28.1. The third-order valence-corrected chi connectivity index (χ3v) is 14.1. The maximum absolute atomic E-state index is 14.8. The standard InChI is InChI=1S/C32H59F9O3S2/c1-4-7-10-13-16-19-22-25-28-45(26-23-20-17-14-11-8-5-2,27-24-21-18-15-12-9-6-3)44-46(42,43)32(40,41)30(35,36)29(33,34)31(37,38)39/h4-28H2,1-3H3. The van der Waals surface area contributed by atoms with Crippen LogP contribution in [0.5, 0.6) is 0 Å². The summed E-state index contributed by atoms with van der Waals surface area (Å²) in [6, 6.07) is 0. The summed E-state index contributed by atoms with van der Waals surface area (Å²) in [5, 5.41) is -6.82. The summed E-state index contributed by atoms with van der Waals surface area (Å²) in [5.41, 5.74) is 0. The molecule has 0 aromatic heterocycles. The molecule has 0 aromatic rings. The number of alkyl halides is 9. The predicted octanol–water partition coefficient (Wildman–Crippen LogP) is 13.1. The molecule has 0 amide bonds. The molecule has 0 bridgehead atoms. The van der Waals surface area contributed by atoms with E-state index in [4.69, 9.17) is 3.63 Å². The molecule has 0 saturated heterocycles. The Kier molecular flexibility index (Phi) is 22.2. The highest BCUT2D eigenvalue weighted by Crippen LogP contribution is 2.60. The van der Waals surface area contributed by atoms with Gasteiger partial charge in [0.2, 0.25) is 0 Å². The quantitative estimate of drug-likeness (QED) is 0.0547. The van der Waals surface area contributed by atoms with Crippen LogP contribution in [0.15, 0.2) is 0 Å². The smallest absolute Gasteiger partial charge is 0.215 e. The minimum atomic E-state index is -7.31. The van der Waals surface area contributed by atoms with Gasteiger partial charge >= 0.3 is 33.4 Å². The molecule has 14 heteroatoms. The zero-order valence-corrected chi connectivity index (χ0v) is 29.8. The molecule has 0 aliphatic heterocycles. The van der Waals surface area contributed by atoms with E-state index in [1.165, 1.54) is 0 Å². The number of unbranched alkanes of at least 4 members (excludes halogenated alkanes) is 19. The summed E-state index contributed by atoms with van der Waals surface area (Å²) in [4.78, 5) is 0. The molecule has 0 N–H and O–H groups in total. The maximum Gasteiger partial charge on any atom is 0.460 e. The first-order valence-corrected chi connectivity index (χ1v) is 20.8. The molecule has 0 heterocycles. The van der Waals surface area contributed by atoms with Gasteiger partial charge in [0.15, 0.2) is 0 Å². The molecule has 0 aliphatic rings. The summed E-state index contributed by atoms with van der Waals surface area (Å²) in [6.45, 7) is 6.18. The Morgan fingerprint density at radius 3 is 0.935 bits per heavy atom. The molecule has 0 aliphatic carbocycles. The monoisotopic (exact) mass is 726 g/mol. The molecule has 0 saturated carbocycles. The molecule has 0 rings (SSSR count). The second-order valence-corrected chi connectivity index (χ2v) is 17.6. The van der Waals surface area contributed by atoms with Gasteiger partial charge < -0.3 is 0 Å². The molecule has 0 aromatic carbocycles. The highest BCUT2D eigenvalue weighted by molar-refractivity contribution is 8.33. The van der Waals surface area contributed by atoms with Gasteiger partial charge in [-0.15, -0.1) is 10.3 Å². The lowest BCUT2D eigenvalue weighted by Gasteiger charge is -2.41. The molecule has 280 valence electrons. The van der Waals surface area contributed by atoms with Crippen LogP contribution in [0.3, 0.4) is 0 Å². The first-order valence-electron chi connectivity index (χ1n) is 17.3. The molecular weight excluding hydrogens is 667 g/mol. The minimum Gasteiger partial charge on any atom is -0.215 e. The highest BCUT2D eigenvalue weighted by Gasteiger charge is 2.86. The largest absolute Gasteiger partial charge is 0.460 e. The van der Waals surface area contributed by atoms with Gasteiger partial charge in [0.05, 0.1) is 0 Å². The summed E-state index contributed by atoms with van der Waals surface area (Å²) in [7, 11) is -10.0. The normalized spacial score (nSPS) is 14.3. The van der Waals surface area contributed by atoms with Crippen LogP contribution in [0.1, 0.15) is 162 Å². The van der Waals surface area contributed by atoms with Crippen molar-refractivity contribution in [3.63, 3.8) is 0 Å². The van der Waals surface area contributed by atoms with Gasteiger partial charge in [0.1, 0.15) is 0 Å². The van der Waals surface area contributed by atoms with Crippen molar-refractivity contribution in [3.05, 3.63) is 0 Å². The van der Waals surface area contributed by atoms with E-state index in [2.05, 4.69) is 6.92 Å². The van der Waals surface area contributed by atoms with Crippen LogP contribution in [0.4, 0.5) is 39.5 Å². The van der Waals surface area contributed by atoms with Crippen molar-refractivity contribution >= 4 is 20.4 Å². The van der Waals surface area contributed by atoms with Gasteiger partial charge in [-0.05, 0) is 19.3 Å². The van der Waals surface area contributed by atoms with Gasteiger partial charge in [-0.2, -0.15) is 47.9 Å². The molecule has 0 fully saturated rings. The van der Waals surface area contributed by atoms with Crippen LogP contribution in [-0.2, 0) is 13.7 Å². The van der Waals surface area contributed by atoms with Gasteiger partial charge in [0.25, 0.3) is 0 Å². The van der Waals surface area contributed by atoms with Crippen molar-refractivity contribution in [1.29, 1.82) is 0 Å². The molecule has 46 heavy (non-hydrogen) atoms. The van der Waals surface area contributed by atoms with Crippen molar-refractivity contribution in [1.82, 2.24) is 0 Å². The summed E-state index contributed by atoms with van der Waals surface area (Å²) in [6.07, 6.45) is 10.9. The summed E-state index contributed by atoms with van der Waals surface area (Å²) >= 11 is 0. The lowest BCUT2D eigenvalue weighted by atomic mass is 10.1. The van der Waals surface area contributed by atoms with Crippen LogP contribution >= 0.6 is 10.3 Å². The first-order chi connectivity index (χ1) is 21.4. The summed E-state index contributed by atoms with van der Waals surface area (Å²) in [5.74, 6) is -14.7. The zero-order chi connectivity index (χ0) is 35.4. The second kappa shape index (κ2) is 22.4. The molecule has 0 spiro atoms. The van der Waals surface area contributed by atoms with Gasteiger partial charge in [-0.25, -0.2) is 3.63 Å². The Morgan fingerprint density at radius 1 is 0.413 bits per heavy atom. The number of hydrogen-bond donors (Lipinski definition) is 0. The first kappa shape index (κ1) is 45.6. The van der Waals surface area contributed by atoms with Gasteiger partial charge in [0, 0.05) is 17.3 Å². The van der Waals surface area contributed by atoms with E-state index in [9.17, 15) is 47.9 Å². The Labute approximate surface area is 274 Å². The molecule has 3 nitrogen and oxygen atoms in total. The minimum absolute atomic E-state index is 0.0375. The maximum atomic E-state index is 14.8. The predicted molar refractivity (Wildman–Crippen MR) is 172 cm³/mol. The fourth-order valence-electron chi connectivity index (χ4n) is 5.30. The molecular formula is C32H59F9O3S2. The van der Waals surface area contributed by atoms with Crippen molar-refractivity contribution in [2.24, 2.45) is 0 Å². The molecule has 0 radical (unpaired) electrons. The van der Waals surface area contributed by atoms with E-state index in [1.54, 1.807) is 0 Å². The van der Waals surface area contributed by atoms with E-state index in [0.717, 1.165) is 103 Å². The van der Waals surface area contributed by atoms with Gasteiger partial charge in [-0.1, -0.05) is 143 Å². The third-order valence-electron chi connectivity index (χ3n) is 8.27. The van der Waals surface area contributed by atoms with Crippen molar-refractivity contribution in [3.8, 4) is 0 Å². The average molecular weight is 727 g/mol. The number of hydrogen-bond acceptors (Lipinski definition) is 3. The van der Waals surface area contributed by atoms with Crippen LogP contribution in [-0.4, -0.2) is 49.0 Å². The number of halogens is 9. The summed E-state index contributed by atoms with van der Waals surface area (Å²) < 4.78 is 154. The van der Waals surface area contributed by atoms with Crippen molar-refractivity contribution in [2.45, 2.75) is 185 Å². The Hall–Kier alpha value is -0.370.